The number of rotatable bonds is 6. The van der Waals surface area contributed by atoms with Gasteiger partial charge >= 0.3 is 12.0 Å². The monoisotopic (exact) mass is 334 g/mol. The van der Waals surface area contributed by atoms with Gasteiger partial charge in [0, 0.05) is 6.04 Å². The Morgan fingerprint density at radius 1 is 1.29 bits per heavy atom. The van der Waals surface area contributed by atoms with Crippen LogP contribution in [0, 0.1) is 12.8 Å². The van der Waals surface area contributed by atoms with Crippen LogP contribution in [-0.4, -0.2) is 35.8 Å². The Morgan fingerprint density at radius 3 is 2.62 bits per heavy atom. The maximum Gasteiger partial charge on any atom is 0.315 e. The number of hydrogen-bond acceptors (Lipinski definition) is 3. The molecule has 3 N–H and O–H groups in total. The smallest absolute Gasteiger partial charge is 0.315 e. The normalized spacial score (nSPS) is 21.6. The molecule has 2 amide bonds. The largest absolute Gasteiger partial charge is 0.489 e. The van der Waals surface area contributed by atoms with Gasteiger partial charge in [0.25, 0.3) is 0 Å². The lowest BCUT2D eigenvalue weighted by Gasteiger charge is -2.27. The van der Waals surface area contributed by atoms with E-state index in [9.17, 15) is 9.59 Å². The molecule has 6 nitrogen and oxygen atoms in total. The fourth-order valence-electron chi connectivity index (χ4n) is 2.92. The van der Waals surface area contributed by atoms with Crippen molar-refractivity contribution in [3.05, 3.63) is 29.8 Å². The number of benzene rings is 1. The fraction of sp³-hybridized carbons (Fsp3) is 0.556. The van der Waals surface area contributed by atoms with Gasteiger partial charge in [0.05, 0.1) is 12.5 Å². The van der Waals surface area contributed by atoms with E-state index in [-0.39, 0.29) is 24.1 Å². The van der Waals surface area contributed by atoms with Gasteiger partial charge in [0.15, 0.2) is 0 Å². The lowest BCUT2D eigenvalue weighted by Crippen LogP contribution is -2.46. The van der Waals surface area contributed by atoms with Crippen LogP contribution in [0.3, 0.4) is 0 Å². The van der Waals surface area contributed by atoms with E-state index in [0.29, 0.717) is 32.2 Å². The number of nitrogens with one attached hydrogen (secondary N) is 2. The van der Waals surface area contributed by atoms with Crippen molar-refractivity contribution in [2.75, 3.05) is 6.54 Å². The molecule has 0 bridgehead atoms. The molecule has 0 saturated heterocycles. The quantitative estimate of drug-likeness (QED) is 0.746. The summed E-state index contributed by atoms with van der Waals surface area (Å²) in [6, 6.07) is 7.61. The topological polar surface area (TPSA) is 87.7 Å². The molecule has 1 aromatic rings. The van der Waals surface area contributed by atoms with Crippen molar-refractivity contribution in [2.45, 2.75) is 51.7 Å². The zero-order valence-electron chi connectivity index (χ0n) is 14.2. The predicted molar refractivity (Wildman–Crippen MR) is 91.2 cm³/mol. The fourth-order valence-corrected chi connectivity index (χ4v) is 2.92. The Hall–Kier alpha value is -2.24. The summed E-state index contributed by atoms with van der Waals surface area (Å²) in [6.45, 7) is 4.31. The molecule has 1 aromatic carbocycles. The lowest BCUT2D eigenvalue weighted by atomic mass is 9.86. The highest BCUT2D eigenvalue weighted by molar-refractivity contribution is 5.74. The van der Waals surface area contributed by atoms with Crippen LogP contribution in [0.5, 0.6) is 5.75 Å². The summed E-state index contributed by atoms with van der Waals surface area (Å²) in [5, 5.41) is 14.7. The van der Waals surface area contributed by atoms with Crippen molar-refractivity contribution in [1.82, 2.24) is 10.6 Å². The summed E-state index contributed by atoms with van der Waals surface area (Å²) in [5.41, 5.74) is 1.13. The molecule has 0 heterocycles. The summed E-state index contributed by atoms with van der Waals surface area (Å²) < 4.78 is 5.77. The predicted octanol–water partition coefficient (Wildman–Crippen LogP) is 2.70. The number of aliphatic carboxylic acids is 1. The third-order valence-corrected chi connectivity index (χ3v) is 4.29. The lowest BCUT2D eigenvalue weighted by molar-refractivity contribution is -0.142. The summed E-state index contributed by atoms with van der Waals surface area (Å²) in [4.78, 5) is 22.9. The van der Waals surface area contributed by atoms with Crippen molar-refractivity contribution in [3.63, 3.8) is 0 Å². The summed E-state index contributed by atoms with van der Waals surface area (Å²) >= 11 is 0. The number of carbonyl (C=O) groups is 2. The van der Waals surface area contributed by atoms with Gasteiger partial charge < -0.3 is 20.5 Å². The average Bonchev–Trinajstić information content (AvgIpc) is 2.53. The molecule has 132 valence electrons. The maximum absolute atomic E-state index is 11.9. The highest BCUT2D eigenvalue weighted by Gasteiger charge is 2.26. The van der Waals surface area contributed by atoms with Gasteiger partial charge in [-0.15, -0.1) is 0 Å². The molecule has 24 heavy (non-hydrogen) atoms. The number of carbonyl (C=O) groups excluding carboxylic acids is 1. The number of amides is 2. The number of carboxylic acids is 1. The van der Waals surface area contributed by atoms with Crippen LogP contribution in [0.4, 0.5) is 4.79 Å². The van der Waals surface area contributed by atoms with Crippen molar-refractivity contribution in [2.24, 2.45) is 5.92 Å². The average molecular weight is 334 g/mol. The van der Waals surface area contributed by atoms with E-state index in [1.165, 1.54) is 0 Å². The summed E-state index contributed by atoms with van der Waals surface area (Å²) in [7, 11) is 0. The Kier molecular flexibility index (Phi) is 6.46. The van der Waals surface area contributed by atoms with E-state index in [1.54, 1.807) is 0 Å². The molecule has 6 heteroatoms. The van der Waals surface area contributed by atoms with Crippen molar-refractivity contribution < 1.29 is 19.4 Å². The van der Waals surface area contributed by atoms with Gasteiger partial charge in [-0.25, -0.2) is 4.79 Å². The first-order chi connectivity index (χ1) is 11.4. The van der Waals surface area contributed by atoms with E-state index >= 15 is 0 Å². The minimum atomic E-state index is -0.736. The first-order valence-electron chi connectivity index (χ1n) is 8.44. The molecule has 1 aliphatic rings. The number of hydrogen-bond donors (Lipinski definition) is 3. The van der Waals surface area contributed by atoms with Crippen LogP contribution in [-0.2, 0) is 4.79 Å². The third kappa shape index (κ3) is 5.76. The van der Waals surface area contributed by atoms with Crippen LogP contribution in [0.15, 0.2) is 24.3 Å². The number of ether oxygens (including phenoxy) is 1. The van der Waals surface area contributed by atoms with Gasteiger partial charge in [-0.05, 0) is 57.2 Å². The van der Waals surface area contributed by atoms with Crippen LogP contribution >= 0.6 is 0 Å². The summed E-state index contributed by atoms with van der Waals surface area (Å²) in [5.74, 6) is -0.217. The standard InChI is InChI=1S/C18H26N2O4/c1-12-4-3-5-16(10-12)24-13(2)11-19-18(23)20-15-8-6-14(7-9-15)17(21)22/h3-5,10,13-15H,6-9,11H2,1-2H3,(H,21,22)(H2,19,20,23). The van der Waals surface area contributed by atoms with Crippen LogP contribution < -0.4 is 15.4 Å². The third-order valence-electron chi connectivity index (χ3n) is 4.29. The van der Waals surface area contributed by atoms with Gasteiger partial charge in [-0.1, -0.05) is 12.1 Å². The van der Waals surface area contributed by atoms with Gasteiger partial charge in [-0.3, -0.25) is 4.79 Å². The molecule has 1 unspecified atom stereocenters. The van der Waals surface area contributed by atoms with Crippen molar-refractivity contribution in [1.29, 1.82) is 0 Å². The van der Waals surface area contributed by atoms with E-state index in [2.05, 4.69) is 10.6 Å². The van der Waals surface area contributed by atoms with Crippen LogP contribution in [0.1, 0.15) is 38.2 Å². The Balaban J connectivity index is 1.67. The zero-order valence-corrected chi connectivity index (χ0v) is 14.2. The molecule has 0 aliphatic heterocycles. The van der Waals surface area contributed by atoms with Gasteiger partial charge in [-0.2, -0.15) is 0 Å². The van der Waals surface area contributed by atoms with E-state index in [0.717, 1.165) is 11.3 Å². The molecular weight excluding hydrogens is 308 g/mol. The Morgan fingerprint density at radius 2 is 2.00 bits per heavy atom. The molecule has 1 fully saturated rings. The Bertz CT molecular complexity index is 568. The number of aryl methyl sites for hydroxylation is 1. The molecule has 1 saturated carbocycles. The Labute approximate surface area is 142 Å². The second-order valence-electron chi connectivity index (χ2n) is 6.49. The maximum atomic E-state index is 11.9. The van der Waals surface area contributed by atoms with Crippen LogP contribution in [0.25, 0.3) is 0 Å². The van der Waals surface area contributed by atoms with E-state index in [4.69, 9.17) is 9.84 Å². The van der Waals surface area contributed by atoms with Crippen LogP contribution in [0.2, 0.25) is 0 Å². The number of carboxylic acid groups (broad SMARTS) is 1. The first-order valence-corrected chi connectivity index (χ1v) is 8.44. The van der Waals surface area contributed by atoms with Crippen molar-refractivity contribution in [3.8, 4) is 5.75 Å². The summed E-state index contributed by atoms with van der Waals surface area (Å²) in [6.07, 6.45) is 2.51. The molecule has 0 spiro atoms. The zero-order chi connectivity index (χ0) is 17.5. The van der Waals surface area contributed by atoms with Gasteiger partial charge in [0.2, 0.25) is 0 Å². The van der Waals surface area contributed by atoms with Crippen molar-refractivity contribution >= 4 is 12.0 Å². The van der Waals surface area contributed by atoms with E-state index < -0.39 is 5.97 Å². The molecule has 1 atom stereocenters. The van der Waals surface area contributed by atoms with E-state index in [1.807, 2.05) is 38.1 Å². The SMILES string of the molecule is Cc1cccc(OC(C)CNC(=O)NC2CCC(C(=O)O)CC2)c1. The second-order valence-corrected chi connectivity index (χ2v) is 6.49. The highest BCUT2D eigenvalue weighted by Crippen LogP contribution is 2.24. The second kappa shape index (κ2) is 8.57. The highest BCUT2D eigenvalue weighted by atomic mass is 16.5. The van der Waals surface area contributed by atoms with Gasteiger partial charge in [0.1, 0.15) is 11.9 Å². The molecule has 0 aromatic heterocycles. The molecule has 1 aliphatic carbocycles. The minimum Gasteiger partial charge on any atom is -0.489 e. The first kappa shape index (κ1) is 18.1. The number of urea groups is 1. The minimum absolute atomic E-state index is 0.0496. The molecular formula is C18H26N2O4. The molecule has 0 radical (unpaired) electrons. The molecule has 2 rings (SSSR count).